The molecule has 1 N–H and O–H groups in total. The molecule has 0 aromatic heterocycles. The zero-order valence-corrected chi connectivity index (χ0v) is 14.9. The fraction of sp³-hybridized carbons (Fsp3) is 0.588. The molecule has 1 spiro atoms. The third-order valence-electron chi connectivity index (χ3n) is 5.37. The summed E-state index contributed by atoms with van der Waals surface area (Å²) in [6, 6.07) is 1.91. The molecular formula is C17H21F2N3O5. The Morgan fingerprint density at radius 1 is 1.30 bits per heavy atom. The Hall–Kier alpha value is -2.49. The second kappa shape index (κ2) is 7.63. The third kappa shape index (κ3) is 3.95. The predicted molar refractivity (Wildman–Crippen MR) is 91.3 cm³/mol. The van der Waals surface area contributed by atoms with E-state index in [9.17, 15) is 23.7 Å². The monoisotopic (exact) mass is 385 g/mol. The van der Waals surface area contributed by atoms with Crippen LogP contribution in [0.5, 0.6) is 11.5 Å². The number of nitro groups is 1. The highest BCUT2D eigenvalue weighted by atomic mass is 19.3. The summed E-state index contributed by atoms with van der Waals surface area (Å²) in [6.45, 7) is -0.298. The summed E-state index contributed by atoms with van der Waals surface area (Å²) in [6.07, 6.45) is 2.70. The van der Waals surface area contributed by atoms with Crippen LogP contribution in [0.25, 0.3) is 0 Å². The number of methoxy groups -OCH3 is 1. The largest absolute Gasteiger partial charge is 0.493 e. The van der Waals surface area contributed by atoms with Gasteiger partial charge in [-0.15, -0.1) is 0 Å². The Morgan fingerprint density at radius 2 is 2.00 bits per heavy atom. The number of piperidine rings is 1. The van der Waals surface area contributed by atoms with E-state index in [-0.39, 0.29) is 16.7 Å². The molecule has 2 saturated heterocycles. The number of carbonyl (C=O) groups is 1. The van der Waals surface area contributed by atoms with Gasteiger partial charge in [0.15, 0.2) is 11.5 Å². The van der Waals surface area contributed by atoms with Gasteiger partial charge in [0, 0.05) is 25.7 Å². The van der Waals surface area contributed by atoms with E-state index in [1.807, 2.05) is 0 Å². The molecule has 0 radical (unpaired) electrons. The van der Waals surface area contributed by atoms with Gasteiger partial charge >= 0.3 is 6.61 Å². The highest BCUT2D eigenvalue weighted by Gasteiger charge is 2.39. The van der Waals surface area contributed by atoms with E-state index in [2.05, 4.69) is 10.1 Å². The SMILES string of the molecule is COc1cc(C(=O)N2CCC3(CCNC3)CC2)c([N+](=O)[O-])cc1OC(F)F. The first kappa shape index (κ1) is 19.3. The molecule has 0 saturated carbocycles. The summed E-state index contributed by atoms with van der Waals surface area (Å²) in [5.41, 5.74) is -0.590. The lowest BCUT2D eigenvalue weighted by molar-refractivity contribution is -0.385. The van der Waals surface area contributed by atoms with E-state index >= 15 is 0 Å². The zero-order chi connectivity index (χ0) is 19.6. The number of nitrogens with one attached hydrogen (secondary N) is 1. The van der Waals surface area contributed by atoms with Crippen LogP contribution in [0.1, 0.15) is 29.6 Å². The van der Waals surface area contributed by atoms with Crippen LogP contribution in [-0.2, 0) is 0 Å². The topological polar surface area (TPSA) is 93.9 Å². The van der Waals surface area contributed by atoms with Crippen molar-refractivity contribution in [1.29, 1.82) is 0 Å². The number of rotatable bonds is 5. The first-order chi connectivity index (χ1) is 12.8. The number of hydrogen-bond acceptors (Lipinski definition) is 6. The van der Waals surface area contributed by atoms with Crippen molar-refractivity contribution in [1.82, 2.24) is 10.2 Å². The van der Waals surface area contributed by atoms with Gasteiger partial charge in [0.2, 0.25) is 0 Å². The number of likely N-dealkylation sites (tertiary alicyclic amines) is 1. The molecule has 2 heterocycles. The molecule has 2 fully saturated rings. The minimum Gasteiger partial charge on any atom is -0.493 e. The zero-order valence-electron chi connectivity index (χ0n) is 14.9. The van der Waals surface area contributed by atoms with E-state index in [0.717, 1.165) is 44.5 Å². The molecule has 1 amide bonds. The average Bonchev–Trinajstić information content (AvgIpc) is 3.09. The Morgan fingerprint density at radius 3 is 2.52 bits per heavy atom. The maximum atomic E-state index is 12.9. The van der Waals surface area contributed by atoms with Crippen molar-refractivity contribution < 1.29 is 28.0 Å². The number of alkyl halides is 2. The molecule has 2 aliphatic heterocycles. The highest BCUT2D eigenvalue weighted by Crippen LogP contribution is 2.39. The normalized spacial score (nSPS) is 18.7. The van der Waals surface area contributed by atoms with Crippen molar-refractivity contribution in [2.75, 3.05) is 33.3 Å². The van der Waals surface area contributed by atoms with Crippen molar-refractivity contribution >= 4 is 11.6 Å². The molecule has 3 rings (SSSR count). The second-order valence-corrected chi connectivity index (χ2v) is 6.87. The number of benzene rings is 1. The van der Waals surface area contributed by atoms with E-state index in [1.165, 1.54) is 7.11 Å². The van der Waals surface area contributed by atoms with E-state index in [1.54, 1.807) is 4.90 Å². The number of nitrogens with zero attached hydrogens (tertiary/aromatic N) is 2. The number of ether oxygens (including phenoxy) is 2. The van der Waals surface area contributed by atoms with Crippen molar-refractivity contribution in [2.24, 2.45) is 5.41 Å². The molecule has 0 aliphatic carbocycles. The van der Waals surface area contributed by atoms with Gasteiger partial charge in [-0.1, -0.05) is 0 Å². The minimum absolute atomic E-state index is 0.155. The lowest BCUT2D eigenvalue weighted by atomic mass is 9.78. The summed E-state index contributed by atoms with van der Waals surface area (Å²) in [7, 11) is 1.21. The maximum Gasteiger partial charge on any atom is 0.387 e. The van der Waals surface area contributed by atoms with Crippen molar-refractivity contribution in [3.8, 4) is 11.5 Å². The number of hydrogen-bond donors (Lipinski definition) is 1. The molecule has 8 nitrogen and oxygen atoms in total. The average molecular weight is 385 g/mol. The van der Waals surface area contributed by atoms with Gasteiger partial charge in [-0.25, -0.2) is 0 Å². The molecule has 1 aromatic carbocycles. The number of amides is 1. The van der Waals surface area contributed by atoms with Gasteiger partial charge in [0.25, 0.3) is 11.6 Å². The molecule has 1 aromatic rings. The smallest absolute Gasteiger partial charge is 0.387 e. The van der Waals surface area contributed by atoms with Crippen LogP contribution in [0.3, 0.4) is 0 Å². The van der Waals surface area contributed by atoms with Crippen LogP contribution < -0.4 is 14.8 Å². The lowest BCUT2D eigenvalue weighted by Crippen LogP contribution is -2.44. The van der Waals surface area contributed by atoms with Crippen LogP contribution >= 0.6 is 0 Å². The fourth-order valence-electron chi connectivity index (χ4n) is 3.80. The Labute approximate surface area is 154 Å². The van der Waals surface area contributed by atoms with Crippen LogP contribution in [0, 0.1) is 15.5 Å². The third-order valence-corrected chi connectivity index (χ3v) is 5.37. The molecule has 27 heavy (non-hydrogen) atoms. The Balaban J connectivity index is 1.86. The lowest BCUT2D eigenvalue weighted by Gasteiger charge is -2.38. The predicted octanol–water partition coefficient (Wildman–Crippen LogP) is 2.42. The van der Waals surface area contributed by atoms with Gasteiger partial charge < -0.3 is 19.7 Å². The van der Waals surface area contributed by atoms with Gasteiger partial charge in [-0.2, -0.15) is 8.78 Å². The minimum atomic E-state index is -3.17. The van der Waals surface area contributed by atoms with Crippen LogP contribution in [0.15, 0.2) is 12.1 Å². The summed E-state index contributed by atoms with van der Waals surface area (Å²) in [5, 5.41) is 14.7. The first-order valence-electron chi connectivity index (χ1n) is 8.66. The van der Waals surface area contributed by atoms with Gasteiger partial charge in [-0.05, 0) is 31.2 Å². The molecule has 148 valence electrons. The van der Waals surface area contributed by atoms with Gasteiger partial charge in [-0.3, -0.25) is 14.9 Å². The summed E-state index contributed by atoms with van der Waals surface area (Å²) >= 11 is 0. The van der Waals surface area contributed by atoms with Crippen molar-refractivity contribution in [2.45, 2.75) is 25.9 Å². The van der Waals surface area contributed by atoms with E-state index in [0.29, 0.717) is 13.1 Å². The number of carbonyl (C=O) groups excluding carboxylic acids is 1. The van der Waals surface area contributed by atoms with Crippen LogP contribution in [0.4, 0.5) is 14.5 Å². The van der Waals surface area contributed by atoms with Crippen molar-refractivity contribution in [3.05, 3.63) is 27.8 Å². The Bertz CT molecular complexity index is 728. The summed E-state index contributed by atoms with van der Waals surface area (Å²) in [5.74, 6) is -1.15. The molecule has 0 unspecified atom stereocenters. The highest BCUT2D eigenvalue weighted by molar-refractivity contribution is 5.99. The van der Waals surface area contributed by atoms with Gasteiger partial charge in [0.1, 0.15) is 5.56 Å². The van der Waals surface area contributed by atoms with Crippen LogP contribution in [-0.4, -0.2) is 55.6 Å². The van der Waals surface area contributed by atoms with Crippen LogP contribution in [0.2, 0.25) is 0 Å². The first-order valence-corrected chi connectivity index (χ1v) is 8.66. The molecule has 0 atom stereocenters. The Kier molecular flexibility index (Phi) is 5.45. The molecule has 0 bridgehead atoms. The maximum absolute atomic E-state index is 12.9. The number of halogens is 2. The fourth-order valence-corrected chi connectivity index (χ4v) is 3.80. The second-order valence-electron chi connectivity index (χ2n) is 6.87. The summed E-state index contributed by atoms with van der Waals surface area (Å²) in [4.78, 5) is 25.1. The van der Waals surface area contributed by atoms with Crippen molar-refractivity contribution in [3.63, 3.8) is 0 Å². The quantitative estimate of drug-likeness (QED) is 0.618. The van der Waals surface area contributed by atoms with E-state index < -0.39 is 28.9 Å². The summed E-state index contributed by atoms with van der Waals surface area (Å²) < 4.78 is 34.3. The molecule has 10 heteroatoms. The number of nitro benzene ring substituents is 1. The molecule has 2 aliphatic rings. The van der Waals surface area contributed by atoms with Gasteiger partial charge in [0.05, 0.1) is 18.1 Å². The molecular weight excluding hydrogens is 364 g/mol. The standard InChI is InChI=1S/C17H21F2N3O5/c1-26-13-8-11(12(22(24)25)9-14(13)27-16(18)19)15(23)21-6-3-17(4-7-21)2-5-20-10-17/h8-9,16,20H,2-7,10H2,1H3. The van der Waals surface area contributed by atoms with E-state index in [4.69, 9.17) is 4.74 Å².